The highest BCUT2D eigenvalue weighted by Gasteiger charge is 2.60. The zero-order chi connectivity index (χ0) is 23.2. The zero-order valence-corrected chi connectivity index (χ0v) is 17.6. The second-order valence-corrected chi connectivity index (χ2v) is 9.75. The van der Waals surface area contributed by atoms with Crippen molar-refractivity contribution in [1.82, 2.24) is 4.57 Å². The van der Waals surface area contributed by atoms with Crippen molar-refractivity contribution in [2.45, 2.75) is 30.3 Å². The number of carbonyl (C=O) groups is 1. The van der Waals surface area contributed by atoms with Crippen LogP contribution in [0.3, 0.4) is 0 Å². The molecule has 6 nitrogen and oxygen atoms in total. The van der Waals surface area contributed by atoms with Gasteiger partial charge in [0.1, 0.15) is 22.5 Å². The number of aryl methyl sites for hydroxylation is 1. The van der Waals surface area contributed by atoms with Crippen molar-refractivity contribution in [1.29, 1.82) is 5.26 Å². The van der Waals surface area contributed by atoms with Crippen LogP contribution in [0.25, 0.3) is 0 Å². The minimum absolute atomic E-state index is 0.0510. The predicted octanol–water partition coefficient (Wildman–Crippen LogP) is 4.45. The quantitative estimate of drug-likeness (QED) is 0.644. The first kappa shape index (κ1) is 23.1. The Balaban J connectivity index is 1.91. The number of benzene rings is 1. The fourth-order valence-corrected chi connectivity index (χ4v) is 6.12. The van der Waals surface area contributed by atoms with Gasteiger partial charge in [0.25, 0.3) is 5.91 Å². The molecule has 1 fully saturated rings. The Hall–Kier alpha value is -2.58. The number of alkyl halides is 3. The lowest BCUT2D eigenvalue weighted by Gasteiger charge is -2.42. The van der Waals surface area contributed by atoms with Gasteiger partial charge in [-0.2, -0.15) is 18.4 Å². The van der Waals surface area contributed by atoms with Gasteiger partial charge in [-0.1, -0.05) is 18.0 Å². The summed E-state index contributed by atoms with van der Waals surface area (Å²) in [6.07, 6.45) is -4.01. The summed E-state index contributed by atoms with van der Waals surface area (Å²) in [5.41, 5.74) is -2.90. The van der Waals surface area contributed by atoms with Crippen molar-refractivity contribution in [3.05, 3.63) is 46.5 Å². The second-order valence-electron chi connectivity index (χ2n) is 7.42. The first-order valence-electron chi connectivity index (χ1n) is 8.97. The van der Waals surface area contributed by atoms with Crippen molar-refractivity contribution in [3.8, 4) is 6.07 Å². The number of sulfone groups is 1. The van der Waals surface area contributed by atoms with E-state index in [1.807, 2.05) is 0 Å². The molecule has 0 atom stereocenters. The smallest absolute Gasteiger partial charge is 0.344 e. The van der Waals surface area contributed by atoms with Crippen LogP contribution in [0.15, 0.2) is 29.3 Å². The van der Waals surface area contributed by atoms with Crippen molar-refractivity contribution in [2.24, 2.45) is 12.5 Å². The molecule has 1 aliphatic carbocycles. The second kappa shape index (κ2) is 7.84. The van der Waals surface area contributed by atoms with Gasteiger partial charge in [0.05, 0.1) is 21.8 Å². The molecule has 1 N–H and O–H groups in total. The van der Waals surface area contributed by atoms with Crippen LogP contribution in [0.5, 0.6) is 0 Å². The number of hydrogen-bond donors (Lipinski definition) is 1. The number of amides is 1. The van der Waals surface area contributed by atoms with Crippen LogP contribution in [0.2, 0.25) is 5.02 Å². The third kappa shape index (κ3) is 4.14. The molecule has 0 aliphatic heterocycles. The van der Waals surface area contributed by atoms with Gasteiger partial charge in [-0.25, -0.2) is 12.8 Å². The van der Waals surface area contributed by atoms with E-state index in [1.165, 1.54) is 13.1 Å². The summed E-state index contributed by atoms with van der Waals surface area (Å²) in [5, 5.41) is 10.7. The largest absolute Gasteiger partial charge is 0.395 e. The van der Waals surface area contributed by atoms with Crippen LogP contribution in [0, 0.1) is 22.6 Å². The number of nitriles is 1. The third-order valence-electron chi connectivity index (χ3n) is 5.36. The van der Waals surface area contributed by atoms with E-state index in [1.54, 1.807) is 6.07 Å². The summed E-state index contributed by atoms with van der Waals surface area (Å²) in [4.78, 5) is 12.0. The summed E-state index contributed by atoms with van der Waals surface area (Å²) < 4.78 is 80.4. The van der Waals surface area contributed by atoms with Gasteiger partial charge in [-0.15, -0.1) is 0 Å². The van der Waals surface area contributed by atoms with Crippen molar-refractivity contribution >= 4 is 33.0 Å². The fraction of sp³-hybridized carbons (Fsp3) is 0.368. The molecule has 1 aromatic carbocycles. The maximum atomic E-state index is 13.4. The van der Waals surface area contributed by atoms with Gasteiger partial charge < -0.3 is 9.88 Å². The summed E-state index contributed by atoms with van der Waals surface area (Å²) in [6.45, 7) is 0. The molecule has 0 radical (unpaired) electrons. The maximum absolute atomic E-state index is 13.4. The van der Waals surface area contributed by atoms with Gasteiger partial charge in [0.2, 0.25) is 0 Å². The first-order chi connectivity index (χ1) is 14.3. The molecule has 31 heavy (non-hydrogen) atoms. The van der Waals surface area contributed by atoms with Crippen LogP contribution in [0.1, 0.15) is 35.3 Å². The molecule has 2 aromatic rings. The molecule has 0 saturated heterocycles. The average molecular weight is 478 g/mol. The summed E-state index contributed by atoms with van der Waals surface area (Å²) in [6, 6.07) is 4.84. The van der Waals surface area contributed by atoms with E-state index >= 15 is 0 Å². The number of halogens is 5. The Morgan fingerprint density at radius 1 is 1.35 bits per heavy atom. The van der Waals surface area contributed by atoms with E-state index in [0.717, 1.165) is 22.9 Å². The summed E-state index contributed by atoms with van der Waals surface area (Å²) in [5.74, 6) is -2.82. The Bertz CT molecular complexity index is 1200. The number of nitrogens with one attached hydrogen (secondary N) is 1. The number of aromatic nitrogens is 1. The highest BCUT2D eigenvalue weighted by atomic mass is 35.5. The molecular formula is C19H16ClF4N3O3S. The van der Waals surface area contributed by atoms with E-state index in [2.05, 4.69) is 5.32 Å². The lowest BCUT2D eigenvalue weighted by molar-refractivity contribution is -0.241. The van der Waals surface area contributed by atoms with E-state index in [-0.39, 0.29) is 36.2 Å². The number of hydrogen-bond acceptors (Lipinski definition) is 4. The minimum atomic E-state index is -4.68. The Kier molecular flexibility index (Phi) is 5.84. The number of nitrogens with zero attached hydrogens (tertiary/aromatic N) is 2. The van der Waals surface area contributed by atoms with Gasteiger partial charge >= 0.3 is 6.18 Å². The van der Waals surface area contributed by atoms with Gasteiger partial charge in [0.15, 0.2) is 9.84 Å². The molecule has 1 heterocycles. The SMILES string of the molecule is Cn1cc(S(=O)(=O)CC2(C(F)(F)F)CCC2)c(Cl)c1C(=O)Nc1ccc(F)c(C#N)c1. The van der Waals surface area contributed by atoms with E-state index in [9.17, 15) is 30.8 Å². The summed E-state index contributed by atoms with van der Waals surface area (Å²) >= 11 is 6.11. The van der Waals surface area contributed by atoms with Gasteiger partial charge in [-0.3, -0.25) is 4.79 Å². The molecule has 1 aliphatic rings. The fourth-order valence-electron chi connectivity index (χ4n) is 3.48. The van der Waals surface area contributed by atoms with Crippen molar-refractivity contribution in [3.63, 3.8) is 0 Å². The first-order valence-corrected chi connectivity index (χ1v) is 11.0. The maximum Gasteiger partial charge on any atom is 0.395 e. The monoisotopic (exact) mass is 477 g/mol. The van der Waals surface area contributed by atoms with Crippen molar-refractivity contribution < 1.29 is 30.8 Å². The third-order valence-corrected chi connectivity index (χ3v) is 7.77. The highest BCUT2D eigenvalue weighted by molar-refractivity contribution is 7.91. The lowest BCUT2D eigenvalue weighted by atomic mass is 9.70. The van der Waals surface area contributed by atoms with Gasteiger partial charge in [0, 0.05) is 18.9 Å². The van der Waals surface area contributed by atoms with Gasteiger partial charge in [-0.05, 0) is 31.0 Å². The van der Waals surface area contributed by atoms with Crippen LogP contribution in [-0.2, 0) is 16.9 Å². The Morgan fingerprint density at radius 3 is 2.52 bits per heavy atom. The highest BCUT2D eigenvalue weighted by Crippen LogP contribution is 2.54. The molecule has 1 amide bonds. The van der Waals surface area contributed by atoms with Crippen LogP contribution >= 0.6 is 11.6 Å². The topological polar surface area (TPSA) is 92.0 Å². The molecule has 0 bridgehead atoms. The lowest BCUT2D eigenvalue weighted by Crippen LogP contribution is -2.48. The van der Waals surface area contributed by atoms with Crippen LogP contribution in [-0.4, -0.2) is 30.8 Å². The zero-order valence-electron chi connectivity index (χ0n) is 16.1. The molecule has 3 rings (SSSR count). The standard InChI is InChI=1S/C19H16ClF4N3O3S/c1-27-9-14(31(29,30)10-18(5-2-6-18)19(22,23)24)15(20)16(27)17(28)26-12-3-4-13(21)11(7-12)8-25/h3-4,7,9H,2,5-6,10H2,1H3,(H,26,28). The molecule has 1 aromatic heterocycles. The molecule has 1 saturated carbocycles. The molecule has 12 heteroatoms. The van der Waals surface area contributed by atoms with Crippen molar-refractivity contribution in [2.75, 3.05) is 11.1 Å². The molecule has 0 unspecified atom stereocenters. The van der Waals surface area contributed by atoms with Crippen LogP contribution < -0.4 is 5.32 Å². The molecule has 0 spiro atoms. The van der Waals surface area contributed by atoms with E-state index in [0.29, 0.717) is 0 Å². The minimum Gasteiger partial charge on any atom is -0.344 e. The normalized spacial score (nSPS) is 15.8. The number of carbonyl (C=O) groups excluding carboxylic acids is 1. The number of anilines is 1. The van der Waals surface area contributed by atoms with E-state index < -0.39 is 48.8 Å². The Morgan fingerprint density at radius 2 is 2.00 bits per heavy atom. The van der Waals surface area contributed by atoms with Crippen LogP contribution in [0.4, 0.5) is 23.2 Å². The Labute approximate surface area is 180 Å². The van der Waals surface area contributed by atoms with E-state index in [4.69, 9.17) is 16.9 Å². The molecular weight excluding hydrogens is 462 g/mol. The predicted molar refractivity (Wildman–Crippen MR) is 104 cm³/mol. The molecule has 166 valence electrons. The summed E-state index contributed by atoms with van der Waals surface area (Å²) in [7, 11) is -3.15. The number of rotatable bonds is 5. The average Bonchev–Trinajstić information content (AvgIpc) is 2.94.